The Balaban J connectivity index is 1.09. The van der Waals surface area contributed by atoms with Crippen molar-refractivity contribution >= 4 is 24.1 Å². The second-order valence-corrected chi connectivity index (χ2v) is 22.6. The molecular formula is C49H77NO6. The number of hydrogen-bond donors (Lipinski definition) is 0. The van der Waals surface area contributed by atoms with E-state index in [9.17, 15) is 14.4 Å². The summed E-state index contributed by atoms with van der Waals surface area (Å²) in [6.07, 6.45) is 14.0. The van der Waals surface area contributed by atoms with Gasteiger partial charge >= 0.3 is 5.97 Å². The van der Waals surface area contributed by atoms with Crippen LogP contribution >= 0.6 is 0 Å². The Morgan fingerprint density at radius 1 is 0.857 bits per heavy atom. The van der Waals surface area contributed by atoms with E-state index in [-0.39, 0.29) is 56.9 Å². The highest BCUT2D eigenvalue weighted by molar-refractivity contribution is 5.87. The molecule has 7 fully saturated rings. The van der Waals surface area contributed by atoms with Crippen LogP contribution in [0.3, 0.4) is 0 Å². The summed E-state index contributed by atoms with van der Waals surface area (Å²) < 4.78 is 34.9. The number of Topliss-reactive ketones (excluding diaryl/α,β-unsaturated/α-hetero) is 1. The predicted molar refractivity (Wildman–Crippen MR) is 220 cm³/mol. The monoisotopic (exact) mass is 779 g/mol. The number of ether oxygens (including phenoxy) is 2. The van der Waals surface area contributed by atoms with Gasteiger partial charge in [-0.1, -0.05) is 60.6 Å². The molecule has 0 aromatic carbocycles. The first-order valence-electron chi connectivity index (χ1n) is 24.1. The summed E-state index contributed by atoms with van der Waals surface area (Å²) >= 11 is 0. The van der Waals surface area contributed by atoms with E-state index in [0.717, 1.165) is 90.1 Å². The summed E-state index contributed by atoms with van der Waals surface area (Å²) in [6.45, 7) is 23.9. The van der Waals surface area contributed by atoms with Crippen molar-refractivity contribution in [1.82, 2.24) is 4.90 Å². The van der Waals surface area contributed by atoms with Crippen molar-refractivity contribution in [2.24, 2.45) is 73.9 Å². The second-order valence-electron chi connectivity index (χ2n) is 22.6. The van der Waals surface area contributed by atoms with E-state index in [0.29, 0.717) is 54.1 Å². The molecular weight excluding hydrogens is 699 g/mol. The van der Waals surface area contributed by atoms with E-state index in [1.54, 1.807) is 0 Å². The van der Waals surface area contributed by atoms with Crippen LogP contribution in [-0.2, 0) is 28.7 Å². The van der Waals surface area contributed by atoms with Crippen molar-refractivity contribution in [2.75, 3.05) is 13.1 Å². The number of carbonyl (C=O) groups excluding carboxylic acids is 4. The second kappa shape index (κ2) is 14.2. The van der Waals surface area contributed by atoms with Gasteiger partial charge in [0.05, 0.1) is 6.42 Å². The van der Waals surface area contributed by atoms with Crippen molar-refractivity contribution in [3.05, 3.63) is 12.2 Å². The largest absolute Gasteiger partial charge is 0.462 e. The maximum atomic E-state index is 15.1. The van der Waals surface area contributed by atoms with Crippen molar-refractivity contribution in [3.63, 3.8) is 0 Å². The molecule has 1 heterocycles. The minimum absolute atomic E-state index is 0.0205. The molecule has 0 N–H and O–H groups in total. The van der Waals surface area contributed by atoms with Gasteiger partial charge in [-0.25, -0.2) is 0 Å². The van der Waals surface area contributed by atoms with E-state index in [1.165, 1.54) is 18.9 Å². The predicted octanol–water partition coefficient (Wildman–Crippen LogP) is 10.5. The maximum absolute atomic E-state index is 15.1. The minimum Gasteiger partial charge on any atom is -0.462 e. The van der Waals surface area contributed by atoms with Crippen LogP contribution in [0.2, 0.25) is 0 Å². The molecule has 1 amide bonds. The lowest BCUT2D eigenvalue weighted by atomic mass is 9.32. The Bertz CT molecular complexity index is 1700. The molecule has 0 aromatic heterocycles. The molecule has 56 heavy (non-hydrogen) atoms. The Hall–Kier alpha value is -2.18. The van der Waals surface area contributed by atoms with E-state index in [1.807, 2.05) is 0 Å². The molecule has 1 aliphatic heterocycles. The number of piperidine rings is 1. The molecule has 7 heteroatoms. The molecule has 6 aliphatic carbocycles. The van der Waals surface area contributed by atoms with Gasteiger partial charge in [0.15, 0.2) is 0 Å². The molecule has 0 spiro atoms. The van der Waals surface area contributed by atoms with Crippen LogP contribution in [0, 0.1) is 73.9 Å². The summed E-state index contributed by atoms with van der Waals surface area (Å²) in [5.41, 5.74) is -1.33. The molecule has 0 bridgehead atoms. The van der Waals surface area contributed by atoms with E-state index >= 15 is 4.79 Å². The van der Waals surface area contributed by atoms with E-state index in [4.69, 9.17) is 13.6 Å². The molecule has 7 rings (SSSR count). The van der Waals surface area contributed by atoms with Crippen LogP contribution in [0.1, 0.15) is 176 Å². The molecule has 7 nitrogen and oxygen atoms in total. The fourth-order valence-electron chi connectivity index (χ4n) is 16.0. The zero-order valence-electron chi connectivity index (χ0n) is 39.5. The van der Waals surface area contributed by atoms with Crippen molar-refractivity contribution in [1.29, 1.82) is 0 Å². The highest BCUT2D eigenvalue weighted by Crippen LogP contribution is 2.78. The molecule has 1 unspecified atom stereocenters. The average Bonchev–Trinajstić information content (AvgIpc) is 3.56. The Labute approximate surface area is 343 Å². The molecule has 7 aliphatic rings. The third-order valence-corrected chi connectivity index (χ3v) is 19.5. The summed E-state index contributed by atoms with van der Waals surface area (Å²) in [5, 5.41) is 0. The molecule has 1 saturated heterocycles. The van der Waals surface area contributed by atoms with Gasteiger partial charge in [0, 0.05) is 40.4 Å². The highest BCUT2D eigenvalue weighted by Gasteiger charge is 2.72. The van der Waals surface area contributed by atoms with E-state index in [2.05, 4.69) is 66.9 Å². The van der Waals surface area contributed by atoms with Gasteiger partial charge in [0.1, 0.15) is 17.5 Å². The van der Waals surface area contributed by atoms with Gasteiger partial charge in [0.2, 0.25) is 5.91 Å². The molecule has 13 atom stereocenters. The van der Waals surface area contributed by atoms with Gasteiger partial charge in [-0.05, 0) is 168 Å². The first-order valence-corrected chi connectivity index (χ1v) is 22.6. The lowest BCUT2D eigenvalue weighted by Gasteiger charge is -2.73. The minimum atomic E-state index is -2.67. The lowest BCUT2D eigenvalue weighted by Crippen LogP contribution is -2.67. The number of fused-ring (bicyclic) bond motifs is 7. The fourth-order valence-corrected chi connectivity index (χ4v) is 16.0. The maximum Gasteiger partial charge on any atom is 0.310 e. The molecule has 314 valence electrons. The van der Waals surface area contributed by atoms with Crippen LogP contribution < -0.4 is 0 Å². The zero-order chi connectivity index (χ0) is 43.4. The topological polar surface area (TPSA) is 90.0 Å². The summed E-state index contributed by atoms with van der Waals surface area (Å²) in [6, 6.07) is 0. The Morgan fingerprint density at radius 3 is 2.21 bits per heavy atom. The quantitative estimate of drug-likeness (QED) is 0.125. The number of rotatable bonds is 10. The van der Waals surface area contributed by atoms with Gasteiger partial charge < -0.3 is 14.4 Å². The van der Waals surface area contributed by atoms with Crippen LogP contribution in [0.15, 0.2) is 12.2 Å². The summed E-state index contributed by atoms with van der Waals surface area (Å²) in [4.78, 5) is 55.5. The zero-order valence-corrected chi connectivity index (χ0v) is 36.5. The normalized spacial score (nSPS) is 45.7. The SMILES string of the molecule is [2H]C([2H])([2H])C(C)(CC(=O)O[C@H]1CC[C@]2(C)[C@H]3CC[C@@H]4[C@H]5[C@H](C(=C)C)CC[C@]5(C(=O)C[C@@H]5C[C@H](C(=O)N6CCCCC6)C5(C)C)CC[C@@]4(C)[C@]3(C)CC[C@H]2C1(C)C)OC=O. The Morgan fingerprint density at radius 2 is 1.57 bits per heavy atom. The van der Waals surface area contributed by atoms with E-state index < -0.39 is 24.8 Å². The number of nitrogens with zero attached hydrogens (tertiary/aromatic N) is 1. The molecule has 0 radical (unpaired) electrons. The van der Waals surface area contributed by atoms with Crippen molar-refractivity contribution in [2.45, 2.75) is 184 Å². The highest BCUT2D eigenvalue weighted by atomic mass is 16.6. The van der Waals surface area contributed by atoms with Crippen molar-refractivity contribution < 1.29 is 32.8 Å². The van der Waals surface area contributed by atoms with Gasteiger partial charge in [-0.2, -0.15) is 0 Å². The number of allylic oxidation sites excluding steroid dienone is 1. The average molecular weight is 779 g/mol. The number of esters is 1. The van der Waals surface area contributed by atoms with Crippen LogP contribution in [-0.4, -0.2) is 53.8 Å². The third-order valence-electron chi connectivity index (χ3n) is 19.5. The van der Waals surface area contributed by atoms with Crippen LogP contribution in [0.25, 0.3) is 0 Å². The molecule has 6 saturated carbocycles. The number of carbonyl (C=O) groups is 4. The number of hydrogen-bond acceptors (Lipinski definition) is 6. The third kappa shape index (κ3) is 6.29. The van der Waals surface area contributed by atoms with Crippen molar-refractivity contribution in [3.8, 4) is 0 Å². The number of ketones is 1. The first-order chi connectivity index (χ1) is 27.3. The number of likely N-dealkylation sites (tertiary alicyclic amines) is 1. The number of amides is 1. The van der Waals surface area contributed by atoms with Crippen LogP contribution in [0.5, 0.6) is 0 Å². The smallest absolute Gasteiger partial charge is 0.310 e. The lowest BCUT2D eigenvalue weighted by molar-refractivity contribution is -0.249. The van der Waals surface area contributed by atoms with Crippen LogP contribution in [0.4, 0.5) is 0 Å². The first kappa shape index (κ1) is 38.0. The summed E-state index contributed by atoms with van der Waals surface area (Å²) in [7, 11) is 0. The van der Waals surface area contributed by atoms with Gasteiger partial charge in [-0.15, -0.1) is 0 Å². The standard InChI is InChI=1S/C49H77NO6/c1-31(2)33-17-22-49(38(52)28-32-27-35(44(32,5)6)42(54)50-25-13-12-14-26-50)24-23-47(10)34(41(33)49)15-16-37-46(9)20-19-39(56-40(53)29-43(3,4)55-30-51)45(7,8)36(46)18-21-48(37,47)11/h30,32-37,39,41H,1,12-29H2,2-11H3/t32-,33-,34+,35+,36-,37+,39-,41+,46-,47+,48+,49+/m0/s1/i3D3/t32-,33-,34+,35+,36-,37+,39-,41+,43?,46-,47+,48+,49+. The van der Waals surface area contributed by atoms with Gasteiger partial charge in [0.25, 0.3) is 6.47 Å². The molecule has 0 aromatic rings. The summed E-state index contributed by atoms with van der Waals surface area (Å²) in [5.74, 6) is 2.33. The fraction of sp³-hybridized carbons (Fsp3) is 0.878. The Kier molecular flexibility index (Phi) is 9.67. The van der Waals surface area contributed by atoms with Gasteiger partial charge in [-0.3, -0.25) is 19.2 Å².